The van der Waals surface area contributed by atoms with Gasteiger partial charge < -0.3 is 14.1 Å². The molecule has 0 N–H and O–H groups in total. The van der Waals surface area contributed by atoms with Crippen LogP contribution in [-0.2, 0) is 9.53 Å². The maximum atomic E-state index is 12.2. The van der Waals surface area contributed by atoms with Crippen LogP contribution in [-0.4, -0.2) is 36.5 Å². The topological polar surface area (TPSA) is 59.8 Å². The maximum Gasteiger partial charge on any atom is 0.310 e. The van der Waals surface area contributed by atoms with Gasteiger partial charge in [0.1, 0.15) is 5.76 Å². The Balaban J connectivity index is 2.01. The van der Waals surface area contributed by atoms with E-state index in [-0.39, 0.29) is 17.8 Å². The molecule has 104 valence electrons. The van der Waals surface area contributed by atoms with Crippen LogP contribution in [0.4, 0.5) is 0 Å². The summed E-state index contributed by atoms with van der Waals surface area (Å²) in [5.41, 5.74) is 0. The van der Waals surface area contributed by atoms with Gasteiger partial charge >= 0.3 is 5.97 Å². The van der Waals surface area contributed by atoms with E-state index in [1.165, 1.54) is 0 Å². The lowest BCUT2D eigenvalue weighted by Gasteiger charge is -2.30. The summed E-state index contributed by atoms with van der Waals surface area (Å²) in [4.78, 5) is 25.6. The monoisotopic (exact) mass is 265 g/mol. The molecule has 5 nitrogen and oxygen atoms in total. The second kappa shape index (κ2) is 5.91. The van der Waals surface area contributed by atoms with Crippen LogP contribution in [0.25, 0.3) is 0 Å². The molecule has 1 fully saturated rings. The molecule has 1 saturated heterocycles. The summed E-state index contributed by atoms with van der Waals surface area (Å²) in [6, 6.07) is 3.44. The number of hydrogen-bond acceptors (Lipinski definition) is 4. The molecule has 0 aliphatic carbocycles. The van der Waals surface area contributed by atoms with E-state index >= 15 is 0 Å². The number of esters is 1. The molecular formula is C14H19NO4. The number of furan rings is 1. The van der Waals surface area contributed by atoms with Crippen LogP contribution >= 0.6 is 0 Å². The number of aryl methyl sites for hydroxylation is 1. The number of nitrogens with zero attached hydrogens (tertiary/aromatic N) is 1. The third-order valence-corrected chi connectivity index (χ3v) is 3.28. The summed E-state index contributed by atoms with van der Waals surface area (Å²) in [6.07, 6.45) is 1.59. The molecule has 1 aliphatic rings. The van der Waals surface area contributed by atoms with Crippen LogP contribution < -0.4 is 0 Å². The number of amides is 1. The smallest absolute Gasteiger partial charge is 0.310 e. The average molecular weight is 265 g/mol. The molecule has 1 aromatic rings. The number of carbonyl (C=O) groups excluding carboxylic acids is 2. The first-order valence-electron chi connectivity index (χ1n) is 6.64. The van der Waals surface area contributed by atoms with Crippen LogP contribution in [0, 0.1) is 12.8 Å². The highest BCUT2D eigenvalue weighted by Gasteiger charge is 2.30. The summed E-state index contributed by atoms with van der Waals surface area (Å²) in [7, 11) is 0. The van der Waals surface area contributed by atoms with E-state index in [1.807, 2.05) is 0 Å². The van der Waals surface area contributed by atoms with E-state index in [0.29, 0.717) is 31.2 Å². The molecule has 5 heteroatoms. The van der Waals surface area contributed by atoms with Crippen molar-refractivity contribution in [3.8, 4) is 0 Å². The summed E-state index contributed by atoms with van der Waals surface area (Å²) in [5, 5.41) is 0. The SMILES string of the molecule is CCOC(=O)C1CCCN(C(=O)c2ccc(C)o2)C1. The van der Waals surface area contributed by atoms with Gasteiger partial charge in [0.15, 0.2) is 5.76 Å². The van der Waals surface area contributed by atoms with Crippen LogP contribution in [0.15, 0.2) is 16.5 Å². The number of piperidine rings is 1. The lowest BCUT2D eigenvalue weighted by atomic mass is 9.98. The van der Waals surface area contributed by atoms with Crippen LogP contribution in [0.5, 0.6) is 0 Å². The van der Waals surface area contributed by atoms with Gasteiger partial charge in [0.05, 0.1) is 12.5 Å². The minimum Gasteiger partial charge on any atom is -0.466 e. The van der Waals surface area contributed by atoms with E-state index in [1.54, 1.807) is 30.9 Å². The van der Waals surface area contributed by atoms with E-state index in [2.05, 4.69) is 0 Å². The highest BCUT2D eigenvalue weighted by atomic mass is 16.5. The second-order valence-electron chi connectivity index (χ2n) is 4.75. The predicted molar refractivity (Wildman–Crippen MR) is 68.7 cm³/mol. The zero-order chi connectivity index (χ0) is 13.8. The zero-order valence-electron chi connectivity index (χ0n) is 11.3. The second-order valence-corrected chi connectivity index (χ2v) is 4.75. The number of carbonyl (C=O) groups is 2. The Morgan fingerprint density at radius 3 is 2.89 bits per heavy atom. The Kier molecular flexibility index (Phi) is 4.24. The summed E-state index contributed by atoms with van der Waals surface area (Å²) in [5.74, 6) is 0.468. The Bertz CT molecular complexity index is 466. The number of rotatable bonds is 3. The Morgan fingerprint density at radius 1 is 1.47 bits per heavy atom. The molecule has 2 rings (SSSR count). The van der Waals surface area contributed by atoms with Crippen molar-refractivity contribution in [1.29, 1.82) is 0 Å². The first kappa shape index (κ1) is 13.6. The Labute approximate surface area is 112 Å². The highest BCUT2D eigenvalue weighted by molar-refractivity contribution is 5.92. The van der Waals surface area contributed by atoms with Crippen LogP contribution in [0.2, 0.25) is 0 Å². The fraction of sp³-hybridized carbons (Fsp3) is 0.571. The molecule has 0 bridgehead atoms. The molecule has 1 atom stereocenters. The highest BCUT2D eigenvalue weighted by Crippen LogP contribution is 2.20. The van der Waals surface area contributed by atoms with Gasteiger partial charge in [0.25, 0.3) is 5.91 Å². The van der Waals surface area contributed by atoms with Gasteiger partial charge in [0.2, 0.25) is 0 Å². The lowest BCUT2D eigenvalue weighted by Crippen LogP contribution is -2.42. The van der Waals surface area contributed by atoms with Gasteiger partial charge in [-0.2, -0.15) is 0 Å². The Morgan fingerprint density at radius 2 is 2.26 bits per heavy atom. The quantitative estimate of drug-likeness (QED) is 0.784. The Hall–Kier alpha value is -1.78. The molecular weight excluding hydrogens is 246 g/mol. The number of hydrogen-bond donors (Lipinski definition) is 0. The fourth-order valence-electron chi connectivity index (χ4n) is 2.32. The molecule has 1 aromatic heterocycles. The van der Waals surface area contributed by atoms with E-state index in [0.717, 1.165) is 12.8 Å². The maximum absolute atomic E-state index is 12.2. The van der Waals surface area contributed by atoms with Crippen LogP contribution in [0.1, 0.15) is 36.1 Å². The number of ether oxygens (including phenoxy) is 1. The normalized spacial score (nSPS) is 19.3. The first-order valence-corrected chi connectivity index (χ1v) is 6.64. The average Bonchev–Trinajstić information content (AvgIpc) is 2.85. The van der Waals surface area contributed by atoms with Crippen molar-refractivity contribution in [3.63, 3.8) is 0 Å². The lowest BCUT2D eigenvalue weighted by molar-refractivity contribution is -0.149. The van der Waals surface area contributed by atoms with Crippen molar-refractivity contribution in [2.24, 2.45) is 5.92 Å². The molecule has 0 radical (unpaired) electrons. The largest absolute Gasteiger partial charge is 0.466 e. The summed E-state index contributed by atoms with van der Waals surface area (Å²) in [6.45, 7) is 5.04. The molecule has 0 spiro atoms. The van der Waals surface area contributed by atoms with Gasteiger partial charge in [-0.1, -0.05) is 0 Å². The minimum atomic E-state index is -0.214. The van der Waals surface area contributed by atoms with Crippen molar-refractivity contribution < 1.29 is 18.7 Å². The van der Waals surface area contributed by atoms with E-state index < -0.39 is 0 Å². The van der Waals surface area contributed by atoms with Crippen molar-refractivity contribution in [1.82, 2.24) is 4.90 Å². The molecule has 0 aromatic carbocycles. The van der Waals surface area contributed by atoms with Gasteiger partial charge in [-0.25, -0.2) is 0 Å². The fourth-order valence-corrected chi connectivity index (χ4v) is 2.32. The van der Waals surface area contributed by atoms with Gasteiger partial charge in [-0.05, 0) is 38.8 Å². The summed E-state index contributed by atoms with van der Waals surface area (Å²) >= 11 is 0. The molecule has 1 amide bonds. The third kappa shape index (κ3) is 3.16. The van der Waals surface area contributed by atoms with Crippen molar-refractivity contribution in [2.75, 3.05) is 19.7 Å². The summed E-state index contributed by atoms with van der Waals surface area (Å²) < 4.78 is 10.4. The van der Waals surface area contributed by atoms with Gasteiger partial charge in [-0.15, -0.1) is 0 Å². The molecule has 2 heterocycles. The van der Waals surface area contributed by atoms with Gasteiger partial charge in [-0.3, -0.25) is 9.59 Å². The van der Waals surface area contributed by atoms with Crippen molar-refractivity contribution in [3.05, 3.63) is 23.7 Å². The van der Waals surface area contributed by atoms with Crippen LogP contribution in [0.3, 0.4) is 0 Å². The molecule has 19 heavy (non-hydrogen) atoms. The third-order valence-electron chi connectivity index (χ3n) is 3.28. The van der Waals surface area contributed by atoms with Gasteiger partial charge in [0, 0.05) is 13.1 Å². The van der Waals surface area contributed by atoms with E-state index in [9.17, 15) is 9.59 Å². The van der Waals surface area contributed by atoms with Crippen molar-refractivity contribution >= 4 is 11.9 Å². The molecule has 0 saturated carbocycles. The molecule has 1 unspecified atom stereocenters. The zero-order valence-corrected chi connectivity index (χ0v) is 11.3. The molecule has 1 aliphatic heterocycles. The number of likely N-dealkylation sites (tertiary alicyclic amines) is 1. The standard InChI is InChI=1S/C14H19NO4/c1-3-18-14(17)11-5-4-8-15(9-11)13(16)12-7-6-10(2)19-12/h6-7,11H,3-5,8-9H2,1-2H3. The predicted octanol–water partition coefficient (Wildman–Crippen LogP) is 2.00. The minimum absolute atomic E-state index is 0.151. The van der Waals surface area contributed by atoms with Crippen molar-refractivity contribution in [2.45, 2.75) is 26.7 Å². The first-order chi connectivity index (χ1) is 9.11. The van der Waals surface area contributed by atoms with E-state index in [4.69, 9.17) is 9.15 Å².